The Morgan fingerprint density at radius 3 is 2.41 bits per heavy atom. The molecule has 1 amide bonds. The maximum Gasteiger partial charge on any atom is 0.220 e. The number of amides is 1. The van der Waals surface area contributed by atoms with Crippen molar-refractivity contribution in [3.05, 3.63) is 29.8 Å². The minimum Gasteiger partial charge on any atom is -0.494 e. The summed E-state index contributed by atoms with van der Waals surface area (Å²) in [6.45, 7) is 8.52. The quantitative estimate of drug-likeness (QED) is 0.689. The molecule has 0 aliphatic rings. The van der Waals surface area contributed by atoms with E-state index in [9.17, 15) is 4.79 Å². The van der Waals surface area contributed by atoms with Crippen LogP contribution in [0, 0.1) is 0 Å². The molecule has 4 heteroatoms. The summed E-state index contributed by atoms with van der Waals surface area (Å²) in [5, 5.41) is 2.89. The zero-order chi connectivity index (χ0) is 16.4. The van der Waals surface area contributed by atoms with Crippen LogP contribution in [0.25, 0.3) is 0 Å². The van der Waals surface area contributed by atoms with Gasteiger partial charge in [-0.3, -0.25) is 4.79 Å². The smallest absolute Gasteiger partial charge is 0.220 e. The Morgan fingerprint density at radius 1 is 1.14 bits per heavy atom. The molecule has 1 aromatic carbocycles. The van der Waals surface area contributed by atoms with Crippen LogP contribution in [0.15, 0.2) is 24.3 Å². The molecular weight excluding hydrogens is 276 g/mol. The molecule has 0 radical (unpaired) electrons. The van der Waals surface area contributed by atoms with E-state index in [-0.39, 0.29) is 11.3 Å². The van der Waals surface area contributed by atoms with E-state index in [0.717, 1.165) is 25.0 Å². The molecular formula is C18H30N2O2. The zero-order valence-corrected chi connectivity index (χ0v) is 14.2. The monoisotopic (exact) mass is 306 g/mol. The number of carbonyl (C=O) groups is 1. The predicted octanol–water partition coefficient (Wildman–Crippen LogP) is 3.00. The van der Waals surface area contributed by atoms with E-state index >= 15 is 0 Å². The fourth-order valence-corrected chi connectivity index (χ4v) is 2.06. The number of unbranched alkanes of at least 4 members (excludes halogenated alkanes) is 1. The molecule has 0 fully saturated rings. The number of hydrogen-bond donors (Lipinski definition) is 2. The van der Waals surface area contributed by atoms with Crippen LogP contribution in [0.5, 0.6) is 5.75 Å². The van der Waals surface area contributed by atoms with Crippen LogP contribution in [-0.4, -0.2) is 25.6 Å². The summed E-state index contributed by atoms with van der Waals surface area (Å²) in [6, 6.07) is 8.18. The largest absolute Gasteiger partial charge is 0.494 e. The third-order valence-corrected chi connectivity index (χ3v) is 3.49. The lowest BCUT2D eigenvalue weighted by Gasteiger charge is -2.19. The van der Waals surface area contributed by atoms with Gasteiger partial charge in [-0.25, -0.2) is 0 Å². The van der Waals surface area contributed by atoms with Gasteiger partial charge in [0.15, 0.2) is 0 Å². The molecule has 0 saturated carbocycles. The molecule has 0 heterocycles. The third kappa shape index (κ3) is 7.46. The number of rotatable bonds is 9. The lowest BCUT2D eigenvalue weighted by molar-refractivity contribution is -0.121. The Kier molecular flexibility index (Phi) is 7.96. The van der Waals surface area contributed by atoms with Crippen molar-refractivity contribution in [1.82, 2.24) is 5.32 Å². The lowest BCUT2D eigenvalue weighted by atomic mass is 9.87. The van der Waals surface area contributed by atoms with Gasteiger partial charge in [0.1, 0.15) is 5.75 Å². The molecule has 124 valence electrons. The molecule has 0 aliphatic heterocycles. The first-order valence-electron chi connectivity index (χ1n) is 8.13. The predicted molar refractivity (Wildman–Crippen MR) is 91.2 cm³/mol. The zero-order valence-electron chi connectivity index (χ0n) is 14.2. The molecule has 0 bridgehead atoms. The van der Waals surface area contributed by atoms with Gasteiger partial charge in [0.2, 0.25) is 5.91 Å². The van der Waals surface area contributed by atoms with Gasteiger partial charge < -0.3 is 15.8 Å². The molecule has 1 rings (SSSR count). The SMILES string of the molecule is CC(C)(C)c1ccc(OCCCC(=O)NCCCCN)cc1. The van der Waals surface area contributed by atoms with Gasteiger partial charge >= 0.3 is 0 Å². The second kappa shape index (κ2) is 9.46. The summed E-state index contributed by atoms with van der Waals surface area (Å²) in [5.74, 6) is 0.944. The number of nitrogens with one attached hydrogen (secondary N) is 1. The molecule has 3 N–H and O–H groups in total. The second-order valence-corrected chi connectivity index (χ2v) is 6.57. The van der Waals surface area contributed by atoms with Crippen LogP contribution in [0.4, 0.5) is 0 Å². The van der Waals surface area contributed by atoms with Gasteiger partial charge in [-0.1, -0.05) is 32.9 Å². The molecule has 0 spiro atoms. The average Bonchev–Trinajstić information content (AvgIpc) is 2.48. The highest BCUT2D eigenvalue weighted by atomic mass is 16.5. The van der Waals surface area contributed by atoms with E-state index in [1.54, 1.807) is 0 Å². The molecule has 0 aliphatic carbocycles. The van der Waals surface area contributed by atoms with Crippen molar-refractivity contribution in [3.63, 3.8) is 0 Å². The normalized spacial score (nSPS) is 11.3. The summed E-state index contributed by atoms with van der Waals surface area (Å²) >= 11 is 0. The number of nitrogens with two attached hydrogens (primary N) is 1. The van der Waals surface area contributed by atoms with Crippen molar-refractivity contribution in [2.75, 3.05) is 19.7 Å². The van der Waals surface area contributed by atoms with E-state index in [2.05, 4.69) is 38.2 Å². The van der Waals surface area contributed by atoms with Gasteiger partial charge in [0.25, 0.3) is 0 Å². The first-order valence-corrected chi connectivity index (χ1v) is 8.13. The molecule has 0 atom stereocenters. The minimum absolute atomic E-state index is 0.0868. The van der Waals surface area contributed by atoms with Crippen LogP contribution in [0.1, 0.15) is 52.0 Å². The number of benzene rings is 1. The van der Waals surface area contributed by atoms with E-state index < -0.39 is 0 Å². The average molecular weight is 306 g/mol. The summed E-state index contributed by atoms with van der Waals surface area (Å²) in [7, 11) is 0. The fourth-order valence-electron chi connectivity index (χ4n) is 2.06. The molecule has 0 saturated heterocycles. The van der Waals surface area contributed by atoms with Crippen molar-refractivity contribution in [2.24, 2.45) is 5.73 Å². The highest BCUT2D eigenvalue weighted by molar-refractivity contribution is 5.75. The maximum atomic E-state index is 11.6. The van der Waals surface area contributed by atoms with Crippen LogP contribution in [-0.2, 0) is 10.2 Å². The standard InChI is InChI=1S/C18H30N2O2/c1-18(2,3)15-8-10-16(11-9-15)22-14-6-7-17(21)20-13-5-4-12-19/h8-11H,4-7,12-14,19H2,1-3H3,(H,20,21). The number of carbonyl (C=O) groups excluding carboxylic acids is 1. The highest BCUT2D eigenvalue weighted by Gasteiger charge is 2.12. The molecule has 22 heavy (non-hydrogen) atoms. The molecule has 0 unspecified atom stereocenters. The van der Waals surface area contributed by atoms with Crippen molar-refractivity contribution in [2.45, 2.75) is 51.9 Å². The van der Waals surface area contributed by atoms with E-state index in [0.29, 0.717) is 26.1 Å². The van der Waals surface area contributed by atoms with Crippen LogP contribution in [0.2, 0.25) is 0 Å². The fraction of sp³-hybridized carbons (Fsp3) is 0.611. The van der Waals surface area contributed by atoms with Crippen molar-refractivity contribution < 1.29 is 9.53 Å². The van der Waals surface area contributed by atoms with Crippen molar-refractivity contribution in [1.29, 1.82) is 0 Å². The number of ether oxygens (including phenoxy) is 1. The van der Waals surface area contributed by atoms with E-state index in [1.807, 2.05) is 12.1 Å². The van der Waals surface area contributed by atoms with Crippen LogP contribution >= 0.6 is 0 Å². The lowest BCUT2D eigenvalue weighted by Crippen LogP contribution is -2.25. The molecule has 1 aromatic rings. The topological polar surface area (TPSA) is 64.3 Å². The van der Waals surface area contributed by atoms with Crippen LogP contribution in [0.3, 0.4) is 0 Å². The van der Waals surface area contributed by atoms with Gasteiger partial charge in [-0.05, 0) is 48.9 Å². The molecule has 4 nitrogen and oxygen atoms in total. The minimum atomic E-state index is 0.0868. The van der Waals surface area contributed by atoms with Crippen molar-refractivity contribution >= 4 is 5.91 Å². The Hall–Kier alpha value is -1.55. The van der Waals surface area contributed by atoms with Crippen molar-refractivity contribution in [3.8, 4) is 5.75 Å². The summed E-state index contributed by atoms with van der Waals surface area (Å²) in [5.41, 5.74) is 6.84. The third-order valence-electron chi connectivity index (χ3n) is 3.49. The number of hydrogen-bond acceptors (Lipinski definition) is 3. The Morgan fingerprint density at radius 2 is 1.82 bits per heavy atom. The first-order chi connectivity index (χ1) is 10.4. The molecule has 0 aromatic heterocycles. The van der Waals surface area contributed by atoms with Gasteiger partial charge in [0, 0.05) is 13.0 Å². The van der Waals surface area contributed by atoms with Gasteiger partial charge in [-0.2, -0.15) is 0 Å². The van der Waals surface area contributed by atoms with E-state index in [4.69, 9.17) is 10.5 Å². The van der Waals surface area contributed by atoms with Gasteiger partial charge in [-0.15, -0.1) is 0 Å². The Balaban J connectivity index is 2.18. The van der Waals surface area contributed by atoms with E-state index in [1.165, 1.54) is 5.56 Å². The summed E-state index contributed by atoms with van der Waals surface area (Å²) in [4.78, 5) is 11.6. The Labute approximate surface area is 134 Å². The maximum absolute atomic E-state index is 11.6. The summed E-state index contributed by atoms with van der Waals surface area (Å²) < 4.78 is 5.67. The summed E-state index contributed by atoms with van der Waals surface area (Å²) in [6.07, 6.45) is 3.12. The first kappa shape index (κ1) is 18.5. The van der Waals surface area contributed by atoms with Crippen LogP contribution < -0.4 is 15.8 Å². The Bertz CT molecular complexity index is 435. The highest BCUT2D eigenvalue weighted by Crippen LogP contribution is 2.24. The second-order valence-electron chi connectivity index (χ2n) is 6.57. The van der Waals surface area contributed by atoms with Gasteiger partial charge in [0.05, 0.1) is 6.61 Å².